The van der Waals surface area contributed by atoms with E-state index < -0.39 is 7.12 Å². The molecule has 0 spiro atoms. The number of rotatable bonds is 4. The number of benzene rings is 12. The van der Waals surface area contributed by atoms with E-state index in [1.807, 2.05) is 36.4 Å². The Bertz CT molecular complexity index is 5570. The molecule has 12 heteroatoms. The molecule has 14 aromatic rings. The third-order valence-electron chi connectivity index (χ3n) is 20.7. The molecule has 0 bridgehead atoms. The lowest BCUT2D eigenvalue weighted by Gasteiger charge is -2.22. The molecule has 0 atom stereocenters. The summed E-state index contributed by atoms with van der Waals surface area (Å²) in [6, 6.07) is 82.2. The summed E-state index contributed by atoms with van der Waals surface area (Å²) >= 11 is 14.4. The standard InChI is InChI=1S/C27H20BrN.C21H16BrNO2.C21H16BrN.C15H14BBrO2/c1-27(2)23-14-17(28)12-13-19(23)21-16-26-22(15-24(21)27)20-10-6-7-11-25(20)29(26)18-8-4-3-5-9-18;1-21(2)18-11-13(15-5-3-4-6-20(15)23(24)25)7-9-16(18)17-10-8-14(22)12-19(17)21;1-21(2)17-9-12(22)7-8-13(17)15-11-20-16(10-18(15)21)14-5-3-4-6-19(14)23-20;1-15(2)13-7-9(16(18)19)3-5-11(13)12-6-4-10(17)8-14(12)15/h3-16H,1-2H3;3-12H,1-2H3;3-11,23H,1-2H3;3-8,18-19H,1-2H3. The number of aromatic nitrogens is 2. The molecule has 0 saturated carbocycles. The minimum Gasteiger partial charge on any atom is -0.423 e. The molecule has 2 heterocycles. The lowest BCUT2D eigenvalue weighted by atomic mass is 9.75. The summed E-state index contributed by atoms with van der Waals surface area (Å²) in [6.07, 6.45) is 0. The van der Waals surface area contributed by atoms with Crippen molar-refractivity contribution < 1.29 is 15.0 Å². The molecule has 0 fully saturated rings. The van der Waals surface area contributed by atoms with Gasteiger partial charge in [-0.3, -0.25) is 10.1 Å². The number of halogens is 4. The molecule has 0 saturated heterocycles. The Morgan fingerprint density at radius 1 is 0.365 bits per heavy atom. The van der Waals surface area contributed by atoms with Crippen molar-refractivity contribution in [1.29, 1.82) is 0 Å². The predicted octanol–water partition coefficient (Wildman–Crippen LogP) is 23.0. The van der Waals surface area contributed by atoms with Gasteiger partial charge in [0, 0.05) is 83.9 Å². The average Bonchev–Trinajstić information content (AvgIpc) is 1.58. The van der Waals surface area contributed by atoms with Crippen LogP contribution in [0.1, 0.15) is 99.9 Å². The predicted molar refractivity (Wildman–Crippen MR) is 412 cm³/mol. The summed E-state index contributed by atoms with van der Waals surface area (Å²) in [5.74, 6) is 0. The Morgan fingerprint density at radius 2 is 0.781 bits per heavy atom. The zero-order valence-electron chi connectivity index (χ0n) is 54.2. The van der Waals surface area contributed by atoms with E-state index in [-0.39, 0.29) is 32.3 Å². The quantitative estimate of drug-likeness (QED) is 0.0927. The number of nitro groups is 1. The fourth-order valence-electron chi connectivity index (χ4n) is 15.7. The maximum atomic E-state index is 11.4. The van der Waals surface area contributed by atoms with Crippen molar-refractivity contribution in [3.8, 4) is 61.3 Å². The van der Waals surface area contributed by atoms with Crippen molar-refractivity contribution in [3.63, 3.8) is 0 Å². The maximum absolute atomic E-state index is 11.4. The average molecular weight is 1510 g/mol. The first kappa shape index (κ1) is 63.6. The molecule has 0 aliphatic heterocycles. The number of hydrogen-bond acceptors (Lipinski definition) is 4. The van der Waals surface area contributed by atoms with Crippen LogP contribution < -0.4 is 5.46 Å². The van der Waals surface area contributed by atoms with Crippen LogP contribution in [0.15, 0.2) is 254 Å². The summed E-state index contributed by atoms with van der Waals surface area (Å²) in [7, 11) is -1.42. The first-order valence-electron chi connectivity index (χ1n) is 32.2. The van der Waals surface area contributed by atoms with Gasteiger partial charge >= 0.3 is 7.12 Å². The summed E-state index contributed by atoms with van der Waals surface area (Å²) in [5.41, 5.74) is 28.9. The first-order valence-corrected chi connectivity index (χ1v) is 35.4. The summed E-state index contributed by atoms with van der Waals surface area (Å²) in [5, 5.41) is 35.3. The van der Waals surface area contributed by atoms with Gasteiger partial charge in [0.15, 0.2) is 0 Å². The minimum atomic E-state index is -1.42. The van der Waals surface area contributed by atoms with Gasteiger partial charge in [-0.1, -0.05) is 240 Å². The molecular weight excluding hydrogens is 1450 g/mol. The zero-order chi connectivity index (χ0) is 67.1. The van der Waals surface area contributed by atoms with Crippen LogP contribution in [0.3, 0.4) is 0 Å². The summed E-state index contributed by atoms with van der Waals surface area (Å²) in [4.78, 5) is 14.6. The largest absolute Gasteiger partial charge is 0.488 e. The molecule has 4 aliphatic carbocycles. The van der Waals surface area contributed by atoms with E-state index in [0.29, 0.717) is 11.0 Å². The van der Waals surface area contributed by atoms with Crippen molar-refractivity contribution in [2.45, 2.75) is 77.0 Å². The van der Waals surface area contributed by atoms with E-state index in [4.69, 9.17) is 0 Å². The number of nitrogens with zero attached hydrogens (tertiary/aromatic N) is 2. The third kappa shape index (κ3) is 10.4. The van der Waals surface area contributed by atoms with Gasteiger partial charge in [0.2, 0.25) is 0 Å². The SMILES string of the molecule is CC1(C)c2cc(Br)ccc2-c2cc3[nH]c4ccccc4c3cc21.CC1(C)c2cc(Br)ccc2-c2cc3c(cc21)c1ccccc1n3-c1ccccc1.CC1(C)c2cc(Br)ccc2-c2ccc(-c3ccccc3[N+](=O)[O-])cc21.CC1(C)c2cc(Br)ccc2-c2ccc(B(O)O)cc21. The summed E-state index contributed by atoms with van der Waals surface area (Å²) in [6.45, 7) is 18.1. The van der Waals surface area contributed by atoms with Gasteiger partial charge < -0.3 is 19.6 Å². The lowest BCUT2D eigenvalue weighted by Crippen LogP contribution is -2.31. The van der Waals surface area contributed by atoms with E-state index in [1.165, 1.54) is 133 Å². The molecule has 0 unspecified atom stereocenters. The van der Waals surface area contributed by atoms with Crippen LogP contribution in [0.25, 0.3) is 105 Å². The highest BCUT2D eigenvalue weighted by atomic mass is 79.9. The number of hydrogen-bond donors (Lipinski definition) is 3. The fourth-order valence-corrected chi connectivity index (χ4v) is 17.2. The smallest absolute Gasteiger partial charge is 0.423 e. The molecular formula is C84H66BBr4N3O4. The second kappa shape index (κ2) is 23.7. The van der Waals surface area contributed by atoms with Gasteiger partial charge in [0.1, 0.15) is 0 Å². The van der Waals surface area contributed by atoms with Crippen LogP contribution in [0, 0.1) is 10.1 Å². The van der Waals surface area contributed by atoms with Gasteiger partial charge in [0.25, 0.3) is 5.69 Å². The van der Waals surface area contributed by atoms with Crippen molar-refractivity contribution in [1.82, 2.24) is 9.55 Å². The van der Waals surface area contributed by atoms with Gasteiger partial charge in [-0.15, -0.1) is 0 Å². The fraction of sp³-hybridized carbons (Fsp3) is 0.143. The van der Waals surface area contributed by atoms with Crippen LogP contribution in [0.4, 0.5) is 5.69 Å². The Balaban J connectivity index is 0.000000106. The van der Waals surface area contributed by atoms with Crippen LogP contribution in [-0.4, -0.2) is 31.6 Å². The monoisotopic (exact) mass is 1510 g/mol. The van der Waals surface area contributed by atoms with Crippen molar-refractivity contribution in [3.05, 3.63) is 309 Å². The molecule has 0 radical (unpaired) electrons. The molecule has 0 amide bonds. The zero-order valence-corrected chi connectivity index (χ0v) is 60.6. The second-order valence-corrected chi connectivity index (χ2v) is 31.4. The van der Waals surface area contributed by atoms with Gasteiger partial charge in [-0.25, -0.2) is 0 Å². The van der Waals surface area contributed by atoms with E-state index >= 15 is 0 Å². The molecule has 2 aromatic heterocycles. The maximum Gasteiger partial charge on any atom is 0.488 e. The number of para-hydroxylation sites is 4. The summed E-state index contributed by atoms with van der Waals surface area (Å²) < 4.78 is 6.81. The van der Waals surface area contributed by atoms with Crippen LogP contribution in [-0.2, 0) is 21.7 Å². The van der Waals surface area contributed by atoms with E-state index in [0.717, 1.165) is 29.0 Å². The van der Waals surface area contributed by atoms with E-state index in [9.17, 15) is 20.2 Å². The van der Waals surface area contributed by atoms with E-state index in [2.05, 4.69) is 311 Å². The second-order valence-electron chi connectivity index (χ2n) is 27.7. The number of nitro benzene ring substituents is 1. The van der Waals surface area contributed by atoms with Crippen molar-refractivity contribution in [2.75, 3.05) is 0 Å². The number of aromatic amines is 1. The van der Waals surface area contributed by atoms with Crippen LogP contribution >= 0.6 is 63.7 Å². The van der Waals surface area contributed by atoms with Crippen LogP contribution in [0.5, 0.6) is 0 Å². The number of fused-ring (bicyclic) bond motifs is 18. The van der Waals surface area contributed by atoms with Gasteiger partial charge in [-0.2, -0.15) is 0 Å². The first-order chi connectivity index (χ1) is 45.9. The van der Waals surface area contributed by atoms with Gasteiger partial charge in [-0.05, 0) is 209 Å². The lowest BCUT2D eigenvalue weighted by molar-refractivity contribution is -0.384. The van der Waals surface area contributed by atoms with E-state index in [1.54, 1.807) is 18.2 Å². The number of nitrogens with one attached hydrogen (secondary N) is 1. The Kier molecular flexibility index (Phi) is 15.7. The molecule has 18 rings (SSSR count). The molecule has 7 nitrogen and oxygen atoms in total. The van der Waals surface area contributed by atoms with Crippen LogP contribution in [0.2, 0.25) is 0 Å². The highest BCUT2D eigenvalue weighted by molar-refractivity contribution is 9.11. The molecule has 3 N–H and O–H groups in total. The highest BCUT2D eigenvalue weighted by Gasteiger charge is 2.40. The molecule has 12 aromatic carbocycles. The molecule has 472 valence electrons. The Hall–Kier alpha value is -8.46. The topological polar surface area (TPSA) is 104 Å². The van der Waals surface area contributed by atoms with Crippen molar-refractivity contribution in [2.24, 2.45) is 0 Å². The van der Waals surface area contributed by atoms with Crippen molar-refractivity contribution >= 4 is 126 Å². The molecule has 4 aliphatic rings. The highest BCUT2D eigenvalue weighted by Crippen LogP contribution is 2.55. The number of H-pyrrole nitrogens is 1. The molecule has 96 heavy (non-hydrogen) atoms. The van der Waals surface area contributed by atoms with Gasteiger partial charge in [0.05, 0.1) is 21.5 Å². The minimum absolute atomic E-state index is 0.0153. The third-order valence-corrected chi connectivity index (χ3v) is 22.7. The normalized spacial score (nSPS) is 14.6. The Morgan fingerprint density at radius 3 is 1.32 bits per heavy atom. The Labute approximate surface area is 592 Å².